The molecular weight excluding hydrogens is 228 g/mol. The molecule has 17 heavy (non-hydrogen) atoms. The molecule has 0 unspecified atom stereocenters. The molecule has 0 radical (unpaired) electrons. The van der Waals surface area contributed by atoms with E-state index in [9.17, 15) is 0 Å². The Morgan fingerprint density at radius 1 is 1.18 bits per heavy atom. The van der Waals surface area contributed by atoms with Crippen LogP contribution in [0.15, 0.2) is 30.3 Å². The summed E-state index contributed by atoms with van der Waals surface area (Å²) in [5.74, 6) is 2.30. The van der Waals surface area contributed by atoms with Gasteiger partial charge in [-0.05, 0) is 18.4 Å². The number of nitrogens with two attached hydrogens (primary N) is 1. The zero-order chi connectivity index (χ0) is 11.9. The molecule has 1 aromatic carbocycles. The Hall–Kier alpha value is -0.510. The van der Waals surface area contributed by atoms with E-state index in [0.29, 0.717) is 0 Å². The van der Waals surface area contributed by atoms with Gasteiger partial charge < -0.3 is 5.73 Å². The van der Waals surface area contributed by atoms with Crippen LogP contribution in [0.2, 0.25) is 0 Å². The lowest BCUT2D eigenvalue weighted by molar-refractivity contribution is 0.272. The van der Waals surface area contributed by atoms with Crippen molar-refractivity contribution in [2.45, 2.75) is 25.4 Å². The van der Waals surface area contributed by atoms with Gasteiger partial charge in [0, 0.05) is 37.2 Å². The Kier molecular flexibility index (Phi) is 5.36. The first-order valence-corrected chi connectivity index (χ1v) is 7.61. The van der Waals surface area contributed by atoms with Crippen molar-refractivity contribution in [2.75, 3.05) is 24.6 Å². The van der Waals surface area contributed by atoms with Crippen molar-refractivity contribution in [3.63, 3.8) is 0 Å². The highest BCUT2D eigenvalue weighted by Crippen LogP contribution is 2.28. The summed E-state index contributed by atoms with van der Waals surface area (Å²) in [7, 11) is 0. The molecule has 1 saturated carbocycles. The van der Waals surface area contributed by atoms with Crippen LogP contribution in [-0.2, 0) is 6.54 Å². The van der Waals surface area contributed by atoms with Crippen LogP contribution in [-0.4, -0.2) is 35.5 Å². The number of thioether (sulfide) groups is 1. The molecule has 0 heterocycles. The smallest absolute Gasteiger partial charge is 0.0237 e. The molecule has 3 heteroatoms. The minimum Gasteiger partial charge on any atom is -0.330 e. The van der Waals surface area contributed by atoms with E-state index in [-0.39, 0.29) is 0 Å². The molecule has 94 valence electrons. The van der Waals surface area contributed by atoms with Crippen molar-refractivity contribution in [3.05, 3.63) is 35.9 Å². The van der Waals surface area contributed by atoms with E-state index >= 15 is 0 Å². The number of benzene rings is 1. The molecule has 2 nitrogen and oxygen atoms in total. The van der Waals surface area contributed by atoms with Crippen molar-refractivity contribution in [1.29, 1.82) is 0 Å². The molecule has 0 bridgehead atoms. The lowest BCUT2D eigenvalue weighted by Crippen LogP contribution is -2.28. The average Bonchev–Trinajstić information content (AvgIpc) is 3.19. The maximum atomic E-state index is 5.51. The minimum absolute atomic E-state index is 0.798. The molecule has 2 rings (SSSR count). The van der Waals surface area contributed by atoms with Gasteiger partial charge in [-0.1, -0.05) is 30.3 Å². The molecule has 0 aromatic heterocycles. The fourth-order valence-electron chi connectivity index (χ4n) is 2.02. The second-order valence-corrected chi connectivity index (χ2v) is 5.81. The van der Waals surface area contributed by atoms with Gasteiger partial charge in [-0.25, -0.2) is 0 Å². The Morgan fingerprint density at radius 3 is 2.59 bits per heavy atom. The van der Waals surface area contributed by atoms with E-state index in [2.05, 4.69) is 35.2 Å². The zero-order valence-electron chi connectivity index (χ0n) is 10.3. The number of nitrogens with zero attached hydrogens (tertiary/aromatic N) is 1. The van der Waals surface area contributed by atoms with Gasteiger partial charge in [0.05, 0.1) is 0 Å². The van der Waals surface area contributed by atoms with Crippen LogP contribution < -0.4 is 5.73 Å². The van der Waals surface area contributed by atoms with E-state index in [0.717, 1.165) is 24.9 Å². The third-order valence-electron chi connectivity index (χ3n) is 3.08. The number of hydrogen-bond acceptors (Lipinski definition) is 3. The fraction of sp³-hybridized carbons (Fsp3) is 0.571. The van der Waals surface area contributed by atoms with E-state index in [1.165, 1.54) is 30.7 Å². The zero-order valence-corrected chi connectivity index (χ0v) is 11.2. The number of hydrogen-bond donors (Lipinski definition) is 1. The molecule has 0 aliphatic heterocycles. The minimum atomic E-state index is 0.798. The van der Waals surface area contributed by atoms with Gasteiger partial charge in [0.1, 0.15) is 0 Å². The molecule has 0 spiro atoms. The van der Waals surface area contributed by atoms with Crippen LogP contribution in [0.4, 0.5) is 0 Å². The lowest BCUT2D eigenvalue weighted by atomic mass is 10.2. The molecule has 0 amide bonds. The number of rotatable bonds is 8. The van der Waals surface area contributed by atoms with E-state index in [4.69, 9.17) is 5.73 Å². The first-order chi connectivity index (χ1) is 8.40. The normalized spacial score (nSPS) is 15.4. The molecule has 1 fully saturated rings. The third kappa shape index (κ3) is 4.70. The van der Waals surface area contributed by atoms with Crippen molar-refractivity contribution < 1.29 is 0 Å². The predicted molar refractivity (Wildman–Crippen MR) is 76.3 cm³/mol. The van der Waals surface area contributed by atoms with E-state index in [1.54, 1.807) is 0 Å². The highest BCUT2D eigenvalue weighted by Gasteiger charge is 2.28. The second kappa shape index (κ2) is 7.04. The molecule has 1 aliphatic carbocycles. The van der Waals surface area contributed by atoms with Gasteiger partial charge in [0.25, 0.3) is 0 Å². The topological polar surface area (TPSA) is 29.3 Å². The van der Waals surface area contributed by atoms with Crippen molar-refractivity contribution in [1.82, 2.24) is 4.90 Å². The SMILES string of the molecule is NCCSCCN(Cc1ccccc1)C1CC1. The molecular formula is C14H22N2S. The quantitative estimate of drug-likeness (QED) is 0.718. The first kappa shape index (κ1) is 12.9. The monoisotopic (exact) mass is 250 g/mol. The van der Waals surface area contributed by atoms with Gasteiger partial charge in [-0.15, -0.1) is 0 Å². The largest absolute Gasteiger partial charge is 0.330 e. The molecule has 1 aromatic rings. The summed E-state index contributed by atoms with van der Waals surface area (Å²) in [5.41, 5.74) is 6.94. The van der Waals surface area contributed by atoms with Crippen molar-refractivity contribution in [3.8, 4) is 0 Å². The van der Waals surface area contributed by atoms with Crippen molar-refractivity contribution >= 4 is 11.8 Å². The highest BCUT2D eigenvalue weighted by molar-refractivity contribution is 7.99. The Labute approximate surface area is 109 Å². The van der Waals surface area contributed by atoms with Gasteiger partial charge >= 0.3 is 0 Å². The van der Waals surface area contributed by atoms with Crippen LogP contribution in [0.1, 0.15) is 18.4 Å². The molecule has 0 saturated heterocycles. The summed E-state index contributed by atoms with van der Waals surface area (Å²) < 4.78 is 0. The summed E-state index contributed by atoms with van der Waals surface area (Å²) in [6.45, 7) is 3.10. The Bertz CT molecular complexity index is 311. The summed E-state index contributed by atoms with van der Waals surface area (Å²) in [4.78, 5) is 2.62. The van der Waals surface area contributed by atoms with E-state index in [1.807, 2.05) is 11.8 Å². The van der Waals surface area contributed by atoms with Gasteiger partial charge in [0.15, 0.2) is 0 Å². The van der Waals surface area contributed by atoms with Gasteiger partial charge in [0.2, 0.25) is 0 Å². The van der Waals surface area contributed by atoms with Crippen LogP contribution in [0, 0.1) is 0 Å². The van der Waals surface area contributed by atoms with E-state index < -0.39 is 0 Å². The van der Waals surface area contributed by atoms with Gasteiger partial charge in [-0.3, -0.25) is 4.90 Å². The first-order valence-electron chi connectivity index (χ1n) is 6.46. The average molecular weight is 250 g/mol. The lowest BCUT2D eigenvalue weighted by Gasteiger charge is -2.21. The summed E-state index contributed by atoms with van der Waals surface area (Å²) in [5, 5.41) is 0. The van der Waals surface area contributed by atoms with Crippen LogP contribution >= 0.6 is 11.8 Å². The maximum absolute atomic E-state index is 5.51. The summed E-state index contributed by atoms with van der Waals surface area (Å²) >= 11 is 1.97. The van der Waals surface area contributed by atoms with Crippen molar-refractivity contribution in [2.24, 2.45) is 5.73 Å². The third-order valence-corrected chi connectivity index (χ3v) is 4.07. The second-order valence-electron chi connectivity index (χ2n) is 4.59. The highest BCUT2D eigenvalue weighted by atomic mass is 32.2. The Morgan fingerprint density at radius 2 is 1.94 bits per heavy atom. The summed E-state index contributed by atoms with van der Waals surface area (Å²) in [6.07, 6.45) is 2.77. The fourth-order valence-corrected chi connectivity index (χ4v) is 2.75. The Balaban J connectivity index is 1.77. The van der Waals surface area contributed by atoms with Crippen LogP contribution in [0.5, 0.6) is 0 Å². The standard InChI is InChI=1S/C14H22N2S/c15-8-10-17-11-9-16(14-6-7-14)12-13-4-2-1-3-5-13/h1-5,14H,6-12,15H2. The maximum Gasteiger partial charge on any atom is 0.0237 e. The van der Waals surface area contributed by atoms with Crippen LogP contribution in [0.3, 0.4) is 0 Å². The molecule has 0 atom stereocenters. The molecule has 2 N–H and O–H groups in total. The van der Waals surface area contributed by atoms with Crippen LogP contribution in [0.25, 0.3) is 0 Å². The predicted octanol–water partition coefficient (Wildman–Crippen LogP) is 2.34. The molecule has 1 aliphatic rings. The van der Waals surface area contributed by atoms with Gasteiger partial charge in [-0.2, -0.15) is 11.8 Å². The summed E-state index contributed by atoms with van der Waals surface area (Å²) in [6, 6.07) is 11.6.